The summed E-state index contributed by atoms with van der Waals surface area (Å²) in [7, 11) is 2.32. The second-order valence-electron chi connectivity index (χ2n) is 5.34. The minimum absolute atomic E-state index is 0.0787. The summed E-state index contributed by atoms with van der Waals surface area (Å²) in [5, 5.41) is 0. The van der Waals surface area contributed by atoms with Crippen molar-refractivity contribution in [1.29, 1.82) is 0 Å². The lowest BCUT2D eigenvalue weighted by atomic mass is 10.1. The summed E-state index contributed by atoms with van der Waals surface area (Å²) in [5.74, 6) is -3.42. The van der Waals surface area contributed by atoms with E-state index in [9.17, 15) is 31.5 Å². The summed E-state index contributed by atoms with van der Waals surface area (Å²) in [6.07, 6.45) is 0. The lowest BCUT2D eigenvalue weighted by Gasteiger charge is -2.24. The standard InChI is InChI=1S/C17H13F5N2O2S/c1-23(10-6-8-11(9-7-10)27-17(20,21)22)16(26)24(2)15(25)14-12(18)4-3-5-13(14)19/h3-9H,1-2H3. The van der Waals surface area contributed by atoms with E-state index in [1.54, 1.807) is 0 Å². The van der Waals surface area contributed by atoms with Crippen molar-refractivity contribution in [1.82, 2.24) is 4.90 Å². The zero-order valence-corrected chi connectivity index (χ0v) is 14.9. The highest BCUT2D eigenvalue weighted by molar-refractivity contribution is 8.00. The van der Waals surface area contributed by atoms with E-state index in [0.717, 1.165) is 42.3 Å². The summed E-state index contributed by atoms with van der Waals surface area (Å²) in [4.78, 5) is 26.0. The molecule has 3 amide bonds. The Hall–Kier alpha value is -2.62. The normalized spacial score (nSPS) is 11.2. The van der Waals surface area contributed by atoms with Crippen LogP contribution >= 0.6 is 11.8 Å². The van der Waals surface area contributed by atoms with E-state index in [1.807, 2.05) is 0 Å². The van der Waals surface area contributed by atoms with Crippen LogP contribution < -0.4 is 4.90 Å². The van der Waals surface area contributed by atoms with E-state index in [2.05, 4.69) is 0 Å². The van der Waals surface area contributed by atoms with Crippen LogP contribution in [0.5, 0.6) is 0 Å². The van der Waals surface area contributed by atoms with E-state index in [4.69, 9.17) is 0 Å². The molecule has 0 saturated heterocycles. The average Bonchev–Trinajstić information content (AvgIpc) is 2.58. The first-order valence-corrected chi connectivity index (χ1v) is 8.18. The maximum atomic E-state index is 13.7. The van der Waals surface area contributed by atoms with Gasteiger partial charge in [-0.1, -0.05) is 6.07 Å². The molecular weight excluding hydrogens is 391 g/mol. The van der Waals surface area contributed by atoms with Gasteiger partial charge in [0, 0.05) is 24.7 Å². The van der Waals surface area contributed by atoms with Gasteiger partial charge in [-0.15, -0.1) is 0 Å². The van der Waals surface area contributed by atoms with Gasteiger partial charge in [0.25, 0.3) is 5.91 Å². The van der Waals surface area contributed by atoms with Gasteiger partial charge in [-0.2, -0.15) is 13.2 Å². The first kappa shape index (κ1) is 20.7. The summed E-state index contributed by atoms with van der Waals surface area (Å²) in [6.45, 7) is 0. The topological polar surface area (TPSA) is 40.6 Å². The summed E-state index contributed by atoms with van der Waals surface area (Å²) < 4.78 is 64.5. The van der Waals surface area contributed by atoms with Crippen LogP contribution in [0.4, 0.5) is 32.4 Å². The Morgan fingerprint density at radius 3 is 1.93 bits per heavy atom. The Balaban J connectivity index is 2.17. The molecule has 2 aromatic carbocycles. The van der Waals surface area contributed by atoms with E-state index >= 15 is 0 Å². The molecule has 144 valence electrons. The van der Waals surface area contributed by atoms with Gasteiger partial charge in [0.15, 0.2) is 0 Å². The number of thioether (sulfide) groups is 1. The van der Waals surface area contributed by atoms with Crippen LogP contribution in [0.15, 0.2) is 47.4 Å². The summed E-state index contributed by atoms with van der Waals surface area (Å²) >= 11 is -0.310. The van der Waals surface area contributed by atoms with E-state index in [0.29, 0.717) is 4.90 Å². The number of carbonyl (C=O) groups is 2. The molecule has 27 heavy (non-hydrogen) atoms. The third kappa shape index (κ3) is 4.97. The van der Waals surface area contributed by atoms with Gasteiger partial charge in [-0.3, -0.25) is 14.6 Å². The van der Waals surface area contributed by atoms with E-state index in [1.165, 1.54) is 19.2 Å². The molecule has 2 rings (SSSR count). The third-order valence-electron chi connectivity index (χ3n) is 3.51. The van der Waals surface area contributed by atoms with Crippen LogP contribution in [0.25, 0.3) is 0 Å². The van der Waals surface area contributed by atoms with Gasteiger partial charge in [-0.05, 0) is 48.2 Å². The molecule has 0 aliphatic heterocycles. The molecular formula is C17H13F5N2O2S. The van der Waals surface area contributed by atoms with Gasteiger partial charge >= 0.3 is 11.5 Å². The predicted molar refractivity (Wildman–Crippen MR) is 90.6 cm³/mol. The van der Waals surface area contributed by atoms with Gasteiger partial charge in [0.05, 0.1) is 0 Å². The molecule has 0 saturated carbocycles. The first-order chi connectivity index (χ1) is 12.5. The largest absolute Gasteiger partial charge is 0.446 e. The molecule has 0 unspecified atom stereocenters. The fourth-order valence-electron chi connectivity index (χ4n) is 2.16. The zero-order chi connectivity index (χ0) is 20.4. The number of alkyl halides is 3. The van der Waals surface area contributed by atoms with Gasteiger partial charge in [0.2, 0.25) is 0 Å². The lowest BCUT2D eigenvalue weighted by molar-refractivity contribution is -0.0328. The Morgan fingerprint density at radius 2 is 1.44 bits per heavy atom. The molecule has 0 aliphatic rings. The molecule has 4 nitrogen and oxygen atoms in total. The van der Waals surface area contributed by atoms with E-state index < -0.39 is 34.6 Å². The van der Waals surface area contributed by atoms with Gasteiger partial charge in [-0.25, -0.2) is 13.6 Å². The highest BCUT2D eigenvalue weighted by Gasteiger charge is 2.30. The van der Waals surface area contributed by atoms with Crippen molar-refractivity contribution in [3.05, 3.63) is 59.7 Å². The fraction of sp³-hybridized carbons (Fsp3) is 0.176. The number of hydrogen-bond donors (Lipinski definition) is 0. The van der Waals surface area contributed by atoms with E-state index in [-0.39, 0.29) is 22.3 Å². The first-order valence-electron chi connectivity index (χ1n) is 7.37. The third-order valence-corrected chi connectivity index (χ3v) is 4.25. The Kier molecular flexibility index (Phi) is 6.09. The number of rotatable bonds is 3. The van der Waals surface area contributed by atoms with Gasteiger partial charge in [0.1, 0.15) is 17.2 Å². The number of carbonyl (C=O) groups excluding carboxylic acids is 2. The number of nitrogens with zero attached hydrogens (tertiary/aromatic N) is 2. The summed E-state index contributed by atoms with van der Waals surface area (Å²) in [5.41, 5.74) is -5.13. The van der Waals surface area contributed by atoms with Crippen molar-refractivity contribution in [3.8, 4) is 0 Å². The highest BCUT2D eigenvalue weighted by Crippen LogP contribution is 2.37. The molecule has 10 heteroatoms. The predicted octanol–water partition coefficient (Wildman–Crippen LogP) is 4.91. The zero-order valence-electron chi connectivity index (χ0n) is 14.1. The molecule has 0 fully saturated rings. The van der Waals surface area contributed by atoms with Crippen molar-refractivity contribution < 1.29 is 31.5 Å². The van der Waals surface area contributed by atoms with Crippen LogP contribution in [0, 0.1) is 11.6 Å². The number of amides is 3. The molecule has 2 aromatic rings. The number of benzene rings is 2. The number of imide groups is 1. The smallest absolute Gasteiger partial charge is 0.297 e. The monoisotopic (exact) mass is 404 g/mol. The molecule has 0 aromatic heterocycles. The number of urea groups is 1. The second-order valence-corrected chi connectivity index (χ2v) is 6.48. The SMILES string of the molecule is CN(C(=O)c1c(F)cccc1F)C(=O)N(C)c1ccc(SC(F)(F)F)cc1. The number of halogens is 5. The van der Waals surface area contributed by atoms with Crippen molar-refractivity contribution in [2.24, 2.45) is 0 Å². The fourth-order valence-corrected chi connectivity index (χ4v) is 2.70. The van der Waals surface area contributed by atoms with Crippen LogP contribution in [-0.4, -0.2) is 36.4 Å². The molecule has 0 atom stereocenters. The minimum atomic E-state index is -4.44. The van der Waals surface area contributed by atoms with Crippen molar-refractivity contribution in [2.75, 3.05) is 19.0 Å². The molecule has 0 aliphatic carbocycles. The molecule has 0 spiro atoms. The van der Waals surface area contributed by atoms with Crippen molar-refractivity contribution in [2.45, 2.75) is 10.4 Å². The maximum Gasteiger partial charge on any atom is 0.446 e. The number of hydrogen-bond acceptors (Lipinski definition) is 3. The van der Waals surface area contributed by atoms with Crippen LogP contribution in [0.3, 0.4) is 0 Å². The molecule has 0 bridgehead atoms. The number of anilines is 1. The summed E-state index contributed by atoms with van der Waals surface area (Å²) in [6, 6.07) is 6.77. The maximum absolute atomic E-state index is 13.7. The average molecular weight is 404 g/mol. The Morgan fingerprint density at radius 1 is 0.926 bits per heavy atom. The van der Waals surface area contributed by atoms with Crippen LogP contribution in [0.2, 0.25) is 0 Å². The van der Waals surface area contributed by atoms with Crippen LogP contribution in [-0.2, 0) is 0 Å². The Bertz CT molecular complexity index is 835. The molecule has 0 radical (unpaired) electrons. The van der Waals surface area contributed by atoms with Gasteiger partial charge < -0.3 is 0 Å². The lowest BCUT2D eigenvalue weighted by Crippen LogP contribution is -2.42. The highest BCUT2D eigenvalue weighted by atomic mass is 32.2. The molecule has 0 heterocycles. The second kappa shape index (κ2) is 7.95. The molecule has 0 N–H and O–H groups in total. The quantitative estimate of drug-likeness (QED) is 0.540. The van der Waals surface area contributed by atoms with Crippen molar-refractivity contribution in [3.63, 3.8) is 0 Å². The van der Waals surface area contributed by atoms with Crippen LogP contribution in [0.1, 0.15) is 10.4 Å². The Labute approximate surface area is 155 Å². The minimum Gasteiger partial charge on any atom is -0.297 e. The van der Waals surface area contributed by atoms with Crippen molar-refractivity contribution >= 4 is 29.4 Å².